The van der Waals surface area contributed by atoms with Crippen LogP contribution in [0.25, 0.3) is 16.4 Å². The van der Waals surface area contributed by atoms with Gasteiger partial charge in [0.1, 0.15) is 5.75 Å². The molecule has 2 heterocycles. The summed E-state index contributed by atoms with van der Waals surface area (Å²) < 4.78 is 39.3. The molecule has 0 fully saturated rings. The number of hydrogen-bond acceptors (Lipinski definition) is 4. The van der Waals surface area contributed by atoms with Crippen LogP contribution in [0.5, 0.6) is 5.75 Å². The summed E-state index contributed by atoms with van der Waals surface area (Å²) in [5, 5.41) is 14.6. The summed E-state index contributed by atoms with van der Waals surface area (Å²) in [6.07, 6.45) is -4.09. The van der Waals surface area contributed by atoms with Crippen molar-refractivity contribution in [2.24, 2.45) is 0 Å². The SMILES string of the molecule is O=c1cc(Cc2ccc(C(F)(F)F)cc2)[nH]n1-c1nc(-c2ccc(O)cc2)cs1. The smallest absolute Gasteiger partial charge is 0.416 e. The van der Waals surface area contributed by atoms with Gasteiger partial charge in [-0.05, 0) is 42.0 Å². The van der Waals surface area contributed by atoms with Crippen molar-refractivity contribution in [3.63, 3.8) is 0 Å². The van der Waals surface area contributed by atoms with Crippen molar-refractivity contribution in [1.29, 1.82) is 0 Å². The Labute approximate surface area is 166 Å². The molecule has 2 aromatic carbocycles. The second-order valence-corrected chi connectivity index (χ2v) is 7.23. The van der Waals surface area contributed by atoms with Crippen LogP contribution in [-0.2, 0) is 12.6 Å². The quantitative estimate of drug-likeness (QED) is 0.510. The van der Waals surface area contributed by atoms with Gasteiger partial charge in [-0.1, -0.05) is 12.1 Å². The van der Waals surface area contributed by atoms with Gasteiger partial charge in [-0.15, -0.1) is 11.3 Å². The predicted molar refractivity (Wildman–Crippen MR) is 103 cm³/mol. The lowest BCUT2D eigenvalue weighted by atomic mass is 10.1. The van der Waals surface area contributed by atoms with Gasteiger partial charge in [0, 0.05) is 29.1 Å². The van der Waals surface area contributed by atoms with Crippen molar-refractivity contribution in [3.05, 3.63) is 87.2 Å². The van der Waals surface area contributed by atoms with Gasteiger partial charge in [0.25, 0.3) is 5.56 Å². The number of phenolic OH excluding ortho intramolecular Hbond substituents is 1. The molecule has 4 aromatic rings. The van der Waals surface area contributed by atoms with Crippen LogP contribution in [0.4, 0.5) is 13.2 Å². The molecule has 5 nitrogen and oxygen atoms in total. The first-order chi connectivity index (χ1) is 13.8. The summed E-state index contributed by atoms with van der Waals surface area (Å²) in [5.41, 5.74) is 1.66. The maximum atomic E-state index is 12.7. The van der Waals surface area contributed by atoms with Gasteiger partial charge < -0.3 is 5.11 Å². The Kier molecular flexibility index (Phi) is 4.75. The lowest BCUT2D eigenvalue weighted by molar-refractivity contribution is -0.137. The maximum absolute atomic E-state index is 12.7. The van der Waals surface area contributed by atoms with Crippen LogP contribution in [0.15, 0.2) is 64.8 Å². The minimum atomic E-state index is -4.38. The summed E-state index contributed by atoms with van der Waals surface area (Å²) in [7, 11) is 0. The van der Waals surface area contributed by atoms with E-state index in [-0.39, 0.29) is 17.7 Å². The fourth-order valence-electron chi connectivity index (χ4n) is 2.84. The van der Waals surface area contributed by atoms with Gasteiger partial charge >= 0.3 is 6.18 Å². The lowest BCUT2D eigenvalue weighted by Gasteiger charge is -2.07. The highest BCUT2D eigenvalue weighted by Crippen LogP contribution is 2.29. The molecule has 4 rings (SSSR count). The van der Waals surface area contributed by atoms with Crippen molar-refractivity contribution in [3.8, 4) is 22.1 Å². The van der Waals surface area contributed by atoms with E-state index in [2.05, 4.69) is 10.1 Å². The van der Waals surface area contributed by atoms with Crippen LogP contribution in [0, 0.1) is 0 Å². The van der Waals surface area contributed by atoms with E-state index < -0.39 is 11.7 Å². The van der Waals surface area contributed by atoms with E-state index in [4.69, 9.17) is 0 Å². The first-order valence-electron chi connectivity index (χ1n) is 8.52. The molecule has 9 heteroatoms. The van der Waals surface area contributed by atoms with E-state index in [1.54, 1.807) is 29.6 Å². The Balaban J connectivity index is 1.56. The highest BCUT2D eigenvalue weighted by molar-refractivity contribution is 7.12. The van der Waals surface area contributed by atoms with Crippen LogP contribution in [-0.4, -0.2) is 19.9 Å². The Morgan fingerprint density at radius 2 is 1.76 bits per heavy atom. The Morgan fingerprint density at radius 3 is 2.41 bits per heavy atom. The second kappa shape index (κ2) is 7.25. The number of phenols is 1. The Morgan fingerprint density at radius 1 is 1.07 bits per heavy atom. The number of aromatic hydroxyl groups is 1. The molecule has 0 saturated heterocycles. The highest BCUT2D eigenvalue weighted by atomic mass is 32.1. The molecule has 0 amide bonds. The molecule has 0 aliphatic heterocycles. The summed E-state index contributed by atoms with van der Waals surface area (Å²) in [6, 6.07) is 12.8. The predicted octanol–water partition coefficient (Wildman–Crippen LogP) is 4.60. The minimum absolute atomic E-state index is 0.151. The average molecular weight is 417 g/mol. The zero-order valence-corrected chi connectivity index (χ0v) is 15.6. The molecule has 0 spiro atoms. The molecule has 0 radical (unpaired) electrons. The average Bonchev–Trinajstić information content (AvgIpc) is 3.29. The number of nitrogens with zero attached hydrogens (tertiary/aromatic N) is 2. The van der Waals surface area contributed by atoms with Gasteiger partial charge in [-0.25, -0.2) is 4.98 Å². The number of rotatable bonds is 4. The fraction of sp³-hybridized carbons (Fsp3) is 0.100. The van der Waals surface area contributed by atoms with Crippen molar-refractivity contribution < 1.29 is 18.3 Å². The summed E-state index contributed by atoms with van der Waals surface area (Å²) in [6.45, 7) is 0. The van der Waals surface area contributed by atoms with Crippen molar-refractivity contribution in [2.75, 3.05) is 0 Å². The van der Waals surface area contributed by atoms with E-state index >= 15 is 0 Å². The first-order valence-corrected chi connectivity index (χ1v) is 9.40. The third-order valence-corrected chi connectivity index (χ3v) is 5.12. The van der Waals surface area contributed by atoms with Crippen LogP contribution in [0.1, 0.15) is 16.8 Å². The molecule has 0 unspecified atom stereocenters. The number of nitrogens with one attached hydrogen (secondary N) is 1. The molecule has 0 saturated carbocycles. The molecule has 148 valence electrons. The van der Waals surface area contributed by atoms with Crippen molar-refractivity contribution >= 4 is 11.3 Å². The maximum Gasteiger partial charge on any atom is 0.416 e. The normalized spacial score (nSPS) is 11.7. The van der Waals surface area contributed by atoms with Crippen LogP contribution < -0.4 is 5.56 Å². The Bertz CT molecular complexity index is 1190. The van der Waals surface area contributed by atoms with Gasteiger partial charge in [-0.2, -0.15) is 17.9 Å². The van der Waals surface area contributed by atoms with Crippen LogP contribution >= 0.6 is 11.3 Å². The van der Waals surface area contributed by atoms with Gasteiger partial charge in [0.05, 0.1) is 11.3 Å². The van der Waals surface area contributed by atoms with Gasteiger partial charge in [0.2, 0.25) is 5.13 Å². The highest BCUT2D eigenvalue weighted by Gasteiger charge is 2.29. The molecule has 2 N–H and O–H groups in total. The first kappa shape index (κ1) is 19.0. The van der Waals surface area contributed by atoms with Crippen LogP contribution in [0.2, 0.25) is 0 Å². The number of aromatic amines is 1. The molecule has 0 aliphatic carbocycles. The zero-order chi connectivity index (χ0) is 20.6. The molecule has 29 heavy (non-hydrogen) atoms. The van der Waals surface area contributed by atoms with Gasteiger partial charge in [-0.3, -0.25) is 9.89 Å². The monoisotopic (exact) mass is 417 g/mol. The van der Waals surface area contributed by atoms with E-state index in [0.29, 0.717) is 22.1 Å². The van der Waals surface area contributed by atoms with E-state index in [1.807, 2.05) is 0 Å². The molecule has 0 atom stereocenters. The number of thiazole rings is 1. The fourth-order valence-corrected chi connectivity index (χ4v) is 3.64. The Hall–Kier alpha value is -3.33. The van der Waals surface area contributed by atoms with Gasteiger partial charge in [0.15, 0.2) is 0 Å². The summed E-state index contributed by atoms with van der Waals surface area (Å²) >= 11 is 1.27. The molecular formula is C20H14F3N3O2S. The number of aromatic nitrogens is 3. The van der Waals surface area contributed by atoms with E-state index in [0.717, 1.165) is 17.7 Å². The zero-order valence-electron chi connectivity index (χ0n) is 14.8. The van der Waals surface area contributed by atoms with E-state index in [1.165, 1.54) is 34.2 Å². The standard InChI is InChI=1S/C20H14F3N3O2S/c21-20(22,23)14-5-1-12(2-6-14)9-15-10-18(28)26(25-15)19-24-17(11-29-19)13-3-7-16(27)8-4-13/h1-8,10-11,25,27H,9H2. The largest absolute Gasteiger partial charge is 0.508 e. The van der Waals surface area contributed by atoms with Crippen LogP contribution in [0.3, 0.4) is 0 Å². The number of benzene rings is 2. The van der Waals surface area contributed by atoms with E-state index in [9.17, 15) is 23.1 Å². The minimum Gasteiger partial charge on any atom is -0.508 e. The number of halogens is 3. The summed E-state index contributed by atoms with van der Waals surface area (Å²) in [4.78, 5) is 16.8. The number of alkyl halides is 3. The van der Waals surface area contributed by atoms with Crippen molar-refractivity contribution in [1.82, 2.24) is 14.8 Å². The second-order valence-electron chi connectivity index (χ2n) is 6.39. The molecule has 0 bridgehead atoms. The topological polar surface area (TPSA) is 70.9 Å². The number of hydrogen-bond donors (Lipinski definition) is 2. The number of H-pyrrole nitrogens is 1. The molecular weight excluding hydrogens is 403 g/mol. The molecule has 2 aromatic heterocycles. The lowest BCUT2D eigenvalue weighted by Crippen LogP contribution is -2.13. The van der Waals surface area contributed by atoms with Crippen molar-refractivity contribution in [2.45, 2.75) is 12.6 Å². The summed E-state index contributed by atoms with van der Waals surface area (Å²) in [5.74, 6) is 0.151. The third kappa shape index (κ3) is 4.09. The third-order valence-electron chi connectivity index (χ3n) is 4.30. The molecule has 0 aliphatic rings.